The van der Waals surface area contributed by atoms with Gasteiger partial charge in [0.05, 0.1) is 23.0 Å². The van der Waals surface area contributed by atoms with Gasteiger partial charge in [0.2, 0.25) is 0 Å². The number of ketones is 1. The molecule has 32 heavy (non-hydrogen) atoms. The van der Waals surface area contributed by atoms with Gasteiger partial charge in [-0.05, 0) is 35.4 Å². The molecule has 0 aromatic heterocycles. The second-order valence-electron chi connectivity index (χ2n) is 7.66. The molecule has 0 radical (unpaired) electrons. The lowest BCUT2D eigenvalue weighted by Crippen LogP contribution is -2.40. The molecular weight excluding hydrogens is 426 g/mol. The zero-order valence-corrected chi connectivity index (χ0v) is 17.7. The van der Waals surface area contributed by atoms with Crippen molar-refractivity contribution in [2.75, 3.05) is 11.4 Å². The molecule has 2 aliphatic heterocycles. The fourth-order valence-electron chi connectivity index (χ4n) is 4.10. The topological polar surface area (TPSA) is 70.1 Å². The minimum Gasteiger partial charge on any atom is -0.295 e. The van der Waals surface area contributed by atoms with Crippen LogP contribution in [0, 0.1) is 0 Å². The first-order chi connectivity index (χ1) is 15.5. The van der Waals surface area contributed by atoms with E-state index < -0.39 is 11.7 Å². The maximum Gasteiger partial charge on any atom is 0.299 e. The highest BCUT2D eigenvalue weighted by Crippen LogP contribution is 2.34. The van der Waals surface area contributed by atoms with E-state index in [0.717, 1.165) is 16.8 Å². The average Bonchev–Trinajstić information content (AvgIpc) is 3.37. The molecule has 0 spiro atoms. The number of benzene rings is 3. The SMILES string of the molecule is O=C1C(=O)N(CC(=O)N2N=C(c3ccccc3)CC2c2ccc(Cl)cc2)c2ccccc21. The highest BCUT2D eigenvalue weighted by atomic mass is 35.5. The van der Waals surface area contributed by atoms with Crippen LogP contribution in [-0.4, -0.2) is 34.9 Å². The van der Waals surface area contributed by atoms with Crippen molar-refractivity contribution < 1.29 is 14.4 Å². The van der Waals surface area contributed by atoms with Gasteiger partial charge in [-0.3, -0.25) is 19.3 Å². The maximum atomic E-state index is 13.4. The Morgan fingerprint density at radius 3 is 2.38 bits per heavy atom. The molecule has 0 aliphatic carbocycles. The summed E-state index contributed by atoms with van der Waals surface area (Å²) in [6.07, 6.45) is 0.529. The monoisotopic (exact) mass is 443 g/mol. The summed E-state index contributed by atoms with van der Waals surface area (Å²) in [6.45, 7) is -0.267. The van der Waals surface area contributed by atoms with Gasteiger partial charge in [0, 0.05) is 11.4 Å². The van der Waals surface area contributed by atoms with Gasteiger partial charge < -0.3 is 0 Å². The largest absolute Gasteiger partial charge is 0.299 e. The number of carbonyl (C=O) groups is 3. The Hall–Kier alpha value is -3.77. The van der Waals surface area contributed by atoms with Crippen LogP contribution in [0.15, 0.2) is 84.0 Å². The number of para-hydroxylation sites is 1. The van der Waals surface area contributed by atoms with Crippen LogP contribution in [0.5, 0.6) is 0 Å². The molecule has 0 fully saturated rings. The lowest BCUT2D eigenvalue weighted by molar-refractivity contribution is -0.132. The van der Waals surface area contributed by atoms with Crippen molar-refractivity contribution in [2.45, 2.75) is 12.5 Å². The summed E-state index contributed by atoms with van der Waals surface area (Å²) in [6, 6.07) is 23.3. The Bertz CT molecular complexity index is 1250. The minimum atomic E-state index is -0.700. The third kappa shape index (κ3) is 3.48. The Balaban J connectivity index is 1.47. The number of anilines is 1. The number of hydrogen-bond acceptors (Lipinski definition) is 4. The molecule has 2 amide bonds. The summed E-state index contributed by atoms with van der Waals surface area (Å²) in [5.41, 5.74) is 3.36. The van der Waals surface area contributed by atoms with Crippen molar-refractivity contribution >= 4 is 40.6 Å². The number of rotatable bonds is 4. The van der Waals surface area contributed by atoms with Crippen LogP contribution in [0.2, 0.25) is 5.02 Å². The summed E-state index contributed by atoms with van der Waals surface area (Å²) < 4.78 is 0. The number of halogens is 1. The number of carbonyl (C=O) groups excluding carboxylic acids is 3. The van der Waals surface area contributed by atoms with Crippen LogP contribution in [0.1, 0.15) is 33.9 Å². The van der Waals surface area contributed by atoms with Gasteiger partial charge in [0.25, 0.3) is 17.6 Å². The Labute approximate surface area is 189 Å². The maximum absolute atomic E-state index is 13.4. The quantitative estimate of drug-likeness (QED) is 0.566. The average molecular weight is 444 g/mol. The standard InChI is InChI=1S/C25H18ClN3O3/c26-18-12-10-17(11-13-18)22-14-20(16-6-2-1-3-7-16)27-29(22)23(30)15-28-21-9-5-4-8-19(21)24(31)25(28)32/h1-13,22H,14-15H2. The molecule has 3 aromatic carbocycles. The fraction of sp³-hybridized carbons (Fsp3) is 0.120. The molecule has 0 N–H and O–H groups in total. The second kappa shape index (κ2) is 8.05. The predicted molar refractivity (Wildman–Crippen MR) is 122 cm³/mol. The van der Waals surface area contributed by atoms with Crippen molar-refractivity contribution in [1.29, 1.82) is 0 Å². The van der Waals surface area contributed by atoms with E-state index in [9.17, 15) is 14.4 Å². The molecule has 6 nitrogen and oxygen atoms in total. The lowest BCUT2D eigenvalue weighted by atomic mass is 9.98. The van der Waals surface area contributed by atoms with Gasteiger partial charge in [0.15, 0.2) is 0 Å². The van der Waals surface area contributed by atoms with Crippen molar-refractivity contribution in [1.82, 2.24) is 5.01 Å². The summed E-state index contributed by atoms with van der Waals surface area (Å²) in [4.78, 5) is 39.5. The van der Waals surface area contributed by atoms with Gasteiger partial charge in [0.1, 0.15) is 6.54 Å². The number of hydrazone groups is 1. The van der Waals surface area contributed by atoms with Crippen molar-refractivity contribution in [3.05, 3.63) is 101 Å². The zero-order chi connectivity index (χ0) is 22.2. The van der Waals surface area contributed by atoms with Gasteiger partial charge in [-0.1, -0.05) is 66.2 Å². The number of Topliss-reactive ketones (excluding diaryl/α,β-unsaturated/α-hetero) is 1. The normalized spacial score (nSPS) is 17.5. The summed E-state index contributed by atoms with van der Waals surface area (Å²) in [7, 11) is 0. The molecule has 0 bridgehead atoms. The minimum absolute atomic E-state index is 0.267. The highest BCUT2D eigenvalue weighted by Gasteiger charge is 2.39. The number of hydrogen-bond donors (Lipinski definition) is 0. The number of nitrogens with zero attached hydrogens (tertiary/aromatic N) is 3. The van der Waals surface area contributed by atoms with Crippen LogP contribution in [0.4, 0.5) is 5.69 Å². The van der Waals surface area contributed by atoms with E-state index in [1.165, 1.54) is 9.91 Å². The van der Waals surface area contributed by atoms with Crippen LogP contribution in [0.25, 0.3) is 0 Å². The molecule has 0 saturated heterocycles. The van der Waals surface area contributed by atoms with Crippen LogP contribution < -0.4 is 4.90 Å². The number of fused-ring (bicyclic) bond motifs is 1. The summed E-state index contributed by atoms with van der Waals surface area (Å²) in [5, 5.41) is 6.65. The first kappa shape index (κ1) is 20.2. The Morgan fingerprint density at radius 2 is 1.62 bits per heavy atom. The molecule has 3 aromatic rings. The molecule has 158 valence electrons. The van der Waals surface area contributed by atoms with Crippen molar-refractivity contribution in [2.24, 2.45) is 5.10 Å². The van der Waals surface area contributed by atoms with Crippen LogP contribution in [0.3, 0.4) is 0 Å². The van der Waals surface area contributed by atoms with Crippen molar-refractivity contribution in [3.8, 4) is 0 Å². The first-order valence-electron chi connectivity index (χ1n) is 10.2. The highest BCUT2D eigenvalue weighted by molar-refractivity contribution is 6.52. The third-order valence-electron chi connectivity index (χ3n) is 5.70. The Morgan fingerprint density at radius 1 is 0.938 bits per heavy atom. The van der Waals surface area contributed by atoms with E-state index >= 15 is 0 Å². The van der Waals surface area contributed by atoms with Gasteiger partial charge in [-0.2, -0.15) is 5.10 Å². The van der Waals surface area contributed by atoms with Crippen LogP contribution >= 0.6 is 11.6 Å². The smallest absolute Gasteiger partial charge is 0.295 e. The third-order valence-corrected chi connectivity index (χ3v) is 5.95. The van der Waals surface area contributed by atoms with E-state index in [4.69, 9.17) is 11.6 Å². The molecule has 2 heterocycles. The van der Waals surface area contributed by atoms with Crippen molar-refractivity contribution in [3.63, 3.8) is 0 Å². The lowest BCUT2D eigenvalue weighted by Gasteiger charge is -2.24. The second-order valence-corrected chi connectivity index (χ2v) is 8.10. The van der Waals surface area contributed by atoms with Gasteiger partial charge in [-0.15, -0.1) is 0 Å². The first-order valence-corrected chi connectivity index (χ1v) is 10.6. The van der Waals surface area contributed by atoms with E-state index in [1.807, 2.05) is 42.5 Å². The molecular formula is C25H18ClN3O3. The molecule has 7 heteroatoms. The predicted octanol–water partition coefficient (Wildman–Crippen LogP) is 4.25. The Kier molecular flexibility index (Phi) is 5.07. The van der Waals surface area contributed by atoms with Gasteiger partial charge in [-0.25, -0.2) is 5.01 Å². The number of amides is 2. The van der Waals surface area contributed by atoms with E-state index in [0.29, 0.717) is 22.7 Å². The van der Waals surface area contributed by atoms with E-state index in [-0.39, 0.29) is 18.5 Å². The van der Waals surface area contributed by atoms with E-state index in [1.54, 1.807) is 36.4 Å². The summed E-state index contributed by atoms with van der Waals surface area (Å²) in [5.74, 6) is -1.67. The zero-order valence-electron chi connectivity index (χ0n) is 16.9. The van der Waals surface area contributed by atoms with E-state index in [2.05, 4.69) is 5.10 Å². The molecule has 1 atom stereocenters. The molecule has 1 unspecified atom stereocenters. The fourth-order valence-corrected chi connectivity index (χ4v) is 4.23. The van der Waals surface area contributed by atoms with Crippen LogP contribution in [-0.2, 0) is 9.59 Å². The van der Waals surface area contributed by atoms with Gasteiger partial charge >= 0.3 is 0 Å². The molecule has 2 aliphatic rings. The summed E-state index contributed by atoms with van der Waals surface area (Å²) >= 11 is 6.05. The molecule has 0 saturated carbocycles. The molecule has 5 rings (SSSR count).